The summed E-state index contributed by atoms with van der Waals surface area (Å²) in [5, 5.41) is 7.76. The van der Waals surface area contributed by atoms with E-state index in [4.69, 9.17) is 9.72 Å². The van der Waals surface area contributed by atoms with Crippen molar-refractivity contribution in [2.45, 2.75) is 88.3 Å². The van der Waals surface area contributed by atoms with Gasteiger partial charge < -0.3 is 19.9 Å². The third-order valence-electron chi connectivity index (χ3n) is 6.70. The van der Waals surface area contributed by atoms with Crippen LogP contribution in [0.5, 0.6) is 0 Å². The van der Waals surface area contributed by atoms with Gasteiger partial charge in [-0.3, -0.25) is 4.79 Å². The molecule has 0 unspecified atom stereocenters. The van der Waals surface area contributed by atoms with E-state index in [9.17, 15) is 9.59 Å². The molecule has 0 radical (unpaired) electrons. The van der Waals surface area contributed by atoms with E-state index in [1.54, 1.807) is 23.5 Å². The van der Waals surface area contributed by atoms with Crippen molar-refractivity contribution in [1.29, 1.82) is 0 Å². The van der Waals surface area contributed by atoms with Gasteiger partial charge >= 0.3 is 11.9 Å². The SMILES string of the molecule is CCCCCCCCSC1(CC(=O)OC(=O)Cn2c(SCCCC)nc3ccccc32)Nc2ccccc2N1. The van der Waals surface area contributed by atoms with Gasteiger partial charge in [0.2, 0.25) is 0 Å². The predicted octanol–water partition coefficient (Wildman–Crippen LogP) is 7.67. The number of rotatable bonds is 16. The van der Waals surface area contributed by atoms with Gasteiger partial charge in [0.05, 0.1) is 28.8 Å². The van der Waals surface area contributed by atoms with Crippen LogP contribution in [0, 0.1) is 0 Å². The third-order valence-corrected chi connectivity index (χ3v) is 9.10. The molecule has 1 aliphatic heterocycles. The fourth-order valence-electron chi connectivity index (χ4n) is 4.66. The minimum absolute atomic E-state index is 0.0245. The van der Waals surface area contributed by atoms with Gasteiger partial charge in [-0.05, 0) is 42.9 Å². The average Bonchev–Trinajstić information content (AvgIpc) is 3.46. The van der Waals surface area contributed by atoms with Crippen LogP contribution in [0.4, 0.5) is 11.4 Å². The van der Waals surface area contributed by atoms with Crippen molar-refractivity contribution in [3.63, 3.8) is 0 Å². The lowest BCUT2D eigenvalue weighted by atomic mass is 10.1. The summed E-state index contributed by atoms with van der Waals surface area (Å²) in [6, 6.07) is 15.7. The summed E-state index contributed by atoms with van der Waals surface area (Å²) < 4.78 is 7.24. The van der Waals surface area contributed by atoms with Gasteiger partial charge in [-0.1, -0.05) is 88.4 Å². The number of aromatic nitrogens is 2. The molecule has 3 aromatic rings. The van der Waals surface area contributed by atoms with Crippen molar-refractivity contribution in [3.05, 3.63) is 48.5 Å². The number of thioether (sulfide) groups is 2. The van der Waals surface area contributed by atoms with E-state index in [1.807, 2.05) is 53.1 Å². The number of carbonyl (C=O) groups excluding carboxylic acids is 2. The summed E-state index contributed by atoms with van der Waals surface area (Å²) in [6.07, 6.45) is 9.47. The maximum absolute atomic E-state index is 13.1. The Hall–Kier alpha value is -2.65. The number of esters is 2. The van der Waals surface area contributed by atoms with Crippen LogP contribution in [0.3, 0.4) is 0 Å². The Morgan fingerprint density at radius 2 is 1.51 bits per heavy atom. The van der Waals surface area contributed by atoms with Gasteiger partial charge in [-0.15, -0.1) is 11.8 Å². The van der Waals surface area contributed by atoms with Crippen molar-refractivity contribution in [2.24, 2.45) is 0 Å². The largest absolute Gasteiger partial charge is 0.392 e. The zero-order valence-corrected chi connectivity index (χ0v) is 24.7. The van der Waals surface area contributed by atoms with E-state index in [0.29, 0.717) is 0 Å². The van der Waals surface area contributed by atoms with Crippen LogP contribution >= 0.6 is 23.5 Å². The molecule has 39 heavy (non-hydrogen) atoms. The Bertz CT molecular complexity index is 1220. The van der Waals surface area contributed by atoms with Crippen LogP contribution in [0.25, 0.3) is 11.0 Å². The molecule has 0 fully saturated rings. The predicted molar refractivity (Wildman–Crippen MR) is 163 cm³/mol. The zero-order valence-electron chi connectivity index (χ0n) is 23.0. The van der Waals surface area contributed by atoms with Gasteiger partial charge in [0, 0.05) is 5.75 Å². The normalized spacial score (nSPS) is 13.6. The number of unbranched alkanes of at least 4 members (excludes halogenated alkanes) is 6. The van der Waals surface area contributed by atoms with Gasteiger partial charge in [0.15, 0.2) is 10.2 Å². The number of para-hydroxylation sites is 4. The second-order valence-electron chi connectivity index (χ2n) is 9.93. The molecule has 0 saturated heterocycles. The summed E-state index contributed by atoms with van der Waals surface area (Å²) in [5.41, 5.74) is 3.59. The van der Waals surface area contributed by atoms with Crippen LogP contribution < -0.4 is 10.6 Å². The molecule has 0 spiro atoms. The highest BCUT2D eigenvalue weighted by molar-refractivity contribution is 8.00. The average molecular weight is 569 g/mol. The molecule has 210 valence electrons. The number of nitrogens with one attached hydrogen (secondary N) is 2. The molecule has 0 aliphatic carbocycles. The number of anilines is 2. The zero-order chi connectivity index (χ0) is 27.5. The van der Waals surface area contributed by atoms with Crippen molar-refractivity contribution < 1.29 is 14.3 Å². The number of benzene rings is 2. The lowest BCUT2D eigenvalue weighted by Crippen LogP contribution is -2.41. The smallest absolute Gasteiger partial charge is 0.333 e. The third kappa shape index (κ3) is 8.18. The molecule has 2 N–H and O–H groups in total. The van der Waals surface area contributed by atoms with Gasteiger partial charge in [0.25, 0.3) is 0 Å². The molecule has 1 aliphatic rings. The summed E-state index contributed by atoms with van der Waals surface area (Å²) in [4.78, 5) is 30.0. The topological polar surface area (TPSA) is 85.2 Å². The molecule has 4 rings (SSSR count). The molecule has 7 nitrogen and oxygen atoms in total. The standard InChI is InChI=1S/C30H40N4O3S2/c1-3-5-7-8-9-14-20-39-30(32-23-15-10-11-16-24(23)33-30)21-27(35)37-28(36)22-34-26-18-13-12-17-25(26)31-29(34)38-19-6-4-2/h10-13,15-18,32-33H,3-9,14,19-22H2,1-2H3. The van der Waals surface area contributed by atoms with Crippen LogP contribution in [0.2, 0.25) is 0 Å². The van der Waals surface area contributed by atoms with E-state index < -0.39 is 16.9 Å². The molecule has 0 atom stereocenters. The maximum atomic E-state index is 13.1. The van der Waals surface area contributed by atoms with E-state index >= 15 is 0 Å². The molecule has 9 heteroatoms. The second kappa shape index (κ2) is 14.7. The number of ether oxygens (including phenoxy) is 1. The number of hydrogen-bond donors (Lipinski definition) is 2. The Labute approximate surface area is 240 Å². The Morgan fingerprint density at radius 3 is 2.26 bits per heavy atom. The van der Waals surface area contributed by atoms with Crippen LogP contribution in [0.15, 0.2) is 53.7 Å². The van der Waals surface area contributed by atoms with Gasteiger partial charge in [-0.2, -0.15) is 0 Å². The van der Waals surface area contributed by atoms with E-state index in [2.05, 4.69) is 24.5 Å². The minimum atomic E-state index is -0.743. The van der Waals surface area contributed by atoms with Gasteiger partial charge in [0.1, 0.15) is 6.54 Å². The van der Waals surface area contributed by atoms with Crippen molar-refractivity contribution in [2.75, 3.05) is 22.1 Å². The molecular formula is C30H40N4O3S2. The Balaban J connectivity index is 1.38. The summed E-state index contributed by atoms with van der Waals surface area (Å²) in [6.45, 7) is 4.32. The first-order valence-electron chi connectivity index (χ1n) is 14.1. The Kier molecular flexibility index (Phi) is 11.0. The number of imidazole rings is 1. The van der Waals surface area contributed by atoms with Crippen LogP contribution in [-0.4, -0.2) is 38.0 Å². The first-order valence-corrected chi connectivity index (χ1v) is 16.1. The van der Waals surface area contributed by atoms with E-state index in [-0.39, 0.29) is 13.0 Å². The highest BCUT2D eigenvalue weighted by Crippen LogP contribution is 2.42. The van der Waals surface area contributed by atoms with Gasteiger partial charge in [-0.25, -0.2) is 9.78 Å². The lowest BCUT2D eigenvalue weighted by molar-refractivity contribution is -0.160. The maximum Gasteiger partial charge on any atom is 0.333 e. The quantitative estimate of drug-likeness (QED) is 0.0788. The van der Waals surface area contributed by atoms with E-state index in [0.717, 1.165) is 58.3 Å². The molecule has 2 heterocycles. The summed E-state index contributed by atoms with van der Waals surface area (Å²) in [7, 11) is 0. The number of hydrogen-bond acceptors (Lipinski definition) is 8. The molecule has 0 saturated carbocycles. The highest BCUT2D eigenvalue weighted by atomic mass is 32.2. The fourth-order valence-corrected chi connectivity index (χ4v) is 7.04. The van der Waals surface area contributed by atoms with Crippen LogP contribution in [-0.2, 0) is 20.9 Å². The van der Waals surface area contributed by atoms with Crippen molar-refractivity contribution in [1.82, 2.24) is 9.55 Å². The van der Waals surface area contributed by atoms with Crippen LogP contribution in [0.1, 0.15) is 71.6 Å². The highest BCUT2D eigenvalue weighted by Gasteiger charge is 2.39. The number of nitrogens with zero attached hydrogens (tertiary/aromatic N) is 2. The van der Waals surface area contributed by atoms with E-state index in [1.165, 1.54) is 32.1 Å². The summed E-state index contributed by atoms with van der Waals surface area (Å²) in [5.74, 6) is 0.699. The molecular weight excluding hydrogens is 528 g/mol. The Morgan fingerprint density at radius 1 is 0.846 bits per heavy atom. The lowest BCUT2D eigenvalue weighted by Gasteiger charge is -2.29. The molecule has 0 bridgehead atoms. The first kappa shape index (κ1) is 29.3. The second-order valence-corrected chi connectivity index (χ2v) is 12.4. The molecule has 2 aromatic carbocycles. The van der Waals surface area contributed by atoms with Crippen molar-refractivity contribution in [3.8, 4) is 0 Å². The summed E-state index contributed by atoms with van der Waals surface area (Å²) >= 11 is 3.30. The first-order chi connectivity index (χ1) is 19.0. The molecule has 0 amide bonds. The molecule has 1 aromatic heterocycles. The minimum Gasteiger partial charge on any atom is -0.392 e. The number of fused-ring (bicyclic) bond motifs is 2. The number of carbonyl (C=O) groups is 2. The fraction of sp³-hybridized carbons (Fsp3) is 0.500. The monoisotopic (exact) mass is 568 g/mol. The van der Waals surface area contributed by atoms with Crippen molar-refractivity contribution >= 4 is 57.9 Å².